The molecule has 0 saturated carbocycles. The second-order valence-corrected chi connectivity index (χ2v) is 6.74. The largest absolute Gasteiger partial charge is 0.315 e. The molecule has 1 aromatic heterocycles. The number of nitrogens with zero attached hydrogens (tertiary/aromatic N) is 2. The van der Waals surface area contributed by atoms with Crippen molar-refractivity contribution >= 4 is 0 Å². The van der Waals surface area contributed by atoms with E-state index in [0.717, 1.165) is 19.4 Å². The summed E-state index contributed by atoms with van der Waals surface area (Å²) in [4.78, 5) is 0. The zero-order chi connectivity index (χ0) is 14.5. The SMILES string of the molecule is CCC(C)n1ccc(CC(C)(C)CCNC(C)C)n1. The molecule has 0 radical (unpaired) electrons. The van der Waals surface area contributed by atoms with Gasteiger partial charge in [-0.1, -0.05) is 34.6 Å². The zero-order valence-corrected chi connectivity index (χ0v) is 13.5. The van der Waals surface area contributed by atoms with E-state index < -0.39 is 0 Å². The van der Waals surface area contributed by atoms with Crippen LogP contribution in [0.25, 0.3) is 0 Å². The van der Waals surface area contributed by atoms with E-state index in [1.165, 1.54) is 12.1 Å². The Balaban J connectivity index is 2.50. The highest BCUT2D eigenvalue weighted by atomic mass is 15.3. The van der Waals surface area contributed by atoms with Crippen LogP contribution in [0.4, 0.5) is 0 Å². The van der Waals surface area contributed by atoms with Crippen LogP contribution in [0.3, 0.4) is 0 Å². The van der Waals surface area contributed by atoms with Crippen LogP contribution in [0.15, 0.2) is 12.3 Å². The van der Waals surface area contributed by atoms with Crippen molar-refractivity contribution in [3.8, 4) is 0 Å². The molecule has 1 heterocycles. The van der Waals surface area contributed by atoms with Gasteiger partial charge in [-0.3, -0.25) is 4.68 Å². The summed E-state index contributed by atoms with van der Waals surface area (Å²) in [5.74, 6) is 0. The average molecular weight is 265 g/mol. The monoisotopic (exact) mass is 265 g/mol. The van der Waals surface area contributed by atoms with Gasteiger partial charge in [-0.2, -0.15) is 5.10 Å². The van der Waals surface area contributed by atoms with E-state index in [-0.39, 0.29) is 0 Å². The molecule has 0 aliphatic heterocycles. The highest BCUT2D eigenvalue weighted by Crippen LogP contribution is 2.25. The Kier molecular flexibility index (Phi) is 6.05. The molecule has 0 amide bonds. The fourth-order valence-corrected chi connectivity index (χ4v) is 2.18. The molecule has 3 nitrogen and oxygen atoms in total. The topological polar surface area (TPSA) is 29.9 Å². The van der Waals surface area contributed by atoms with Crippen molar-refractivity contribution in [3.63, 3.8) is 0 Å². The highest BCUT2D eigenvalue weighted by Gasteiger charge is 2.20. The van der Waals surface area contributed by atoms with E-state index in [0.29, 0.717) is 17.5 Å². The van der Waals surface area contributed by atoms with Crippen LogP contribution in [0.1, 0.15) is 66.1 Å². The van der Waals surface area contributed by atoms with Gasteiger partial charge >= 0.3 is 0 Å². The lowest BCUT2D eigenvalue weighted by Gasteiger charge is -2.24. The molecule has 110 valence electrons. The van der Waals surface area contributed by atoms with E-state index >= 15 is 0 Å². The predicted molar refractivity (Wildman–Crippen MR) is 82.5 cm³/mol. The molecule has 0 aliphatic carbocycles. The van der Waals surface area contributed by atoms with E-state index in [4.69, 9.17) is 5.10 Å². The first-order chi connectivity index (χ1) is 8.84. The van der Waals surface area contributed by atoms with Crippen molar-refractivity contribution in [2.75, 3.05) is 6.54 Å². The van der Waals surface area contributed by atoms with Crippen LogP contribution in [0.5, 0.6) is 0 Å². The molecule has 19 heavy (non-hydrogen) atoms. The Morgan fingerprint density at radius 2 is 2.00 bits per heavy atom. The summed E-state index contributed by atoms with van der Waals surface area (Å²) in [5, 5.41) is 8.20. The maximum absolute atomic E-state index is 4.71. The average Bonchev–Trinajstić information content (AvgIpc) is 2.74. The van der Waals surface area contributed by atoms with Crippen molar-refractivity contribution in [2.24, 2.45) is 5.41 Å². The fourth-order valence-electron chi connectivity index (χ4n) is 2.18. The number of hydrogen-bond donors (Lipinski definition) is 1. The van der Waals surface area contributed by atoms with Crippen LogP contribution >= 0.6 is 0 Å². The predicted octanol–water partition coefficient (Wildman–Crippen LogP) is 3.81. The summed E-state index contributed by atoms with van der Waals surface area (Å²) < 4.78 is 2.10. The molecule has 0 saturated heterocycles. The number of nitrogens with one attached hydrogen (secondary N) is 1. The lowest BCUT2D eigenvalue weighted by atomic mass is 9.84. The van der Waals surface area contributed by atoms with Crippen molar-refractivity contribution in [1.82, 2.24) is 15.1 Å². The Morgan fingerprint density at radius 3 is 2.58 bits per heavy atom. The molecule has 0 fully saturated rings. The Hall–Kier alpha value is -0.830. The van der Waals surface area contributed by atoms with Crippen LogP contribution in [-0.4, -0.2) is 22.4 Å². The molecule has 1 unspecified atom stereocenters. The second-order valence-electron chi connectivity index (χ2n) is 6.74. The van der Waals surface area contributed by atoms with Crippen LogP contribution in [-0.2, 0) is 6.42 Å². The Labute approximate surface area is 118 Å². The third-order valence-corrected chi connectivity index (χ3v) is 3.72. The smallest absolute Gasteiger partial charge is 0.0630 e. The third kappa shape index (κ3) is 5.77. The quantitative estimate of drug-likeness (QED) is 0.774. The van der Waals surface area contributed by atoms with E-state index in [2.05, 4.69) is 63.8 Å². The Morgan fingerprint density at radius 1 is 1.32 bits per heavy atom. The molecule has 0 aliphatic rings. The molecule has 1 rings (SSSR count). The van der Waals surface area contributed by atoms with Crippen molar-refractivity contribution < 1.29 is 0 Å². The van der Waals surface area contributed by atoms with Gasteiger partial charge in [0.1, 0.15) is 0 Å². The normalized spacial score (nSPS) is 14.1. The van der Waals surface area contributed by atoms with Gasteiger partial charge in [0, 0.05) is 18.3 Å². The molecule has 0 spiro atoms. The molecule has 1 aromatic rings. The first-order valence-electron chi connectivity index (χ1n) is 7.61. The number of hydrogen-bond acceptors (Lipinski definition) is 2. The van der Waals surface area contributed by atoms with Crippen molar-refractivity contribution in [2.45, 2.75) is 72.9 Å². The van der Waals surface area contributed by atoms with Gasteiger partial charge in [0.05, 0.1) is 5.69 Å². The van der Waals surface area contributed by atoms with Crippen LogP contribution in [0, 0.1) is 5.41 Å². The maximum Gasteiger partial charge on any atom is 0.0630 e. The minimum atomic E-state index is 0.302. The van der Waals surface area contributed by atoms with E-state index in [1.54, 1.807) is 0 Å². The minimum Gasteiger partial charge on any atom is -0.315 e. The minimum absolute atomic E-state index is 0.302. The lowest BCUT2D eigenvalue weighted by Crippen LogP contribution is -2.28. The van der Waals surface area contributed by atoms with Gasteiger partial charge in [0.2, 0.25) is 0 Å². The second kappa shape index (κ2) is 7.09. The first kappa shape index (κ1) is 16.2. The zero-order valence-electron chi connectivity index (χ0n) is 13.5. The standard InChI is InChI=1S/C16H31N3/c1-7-14(4)19-11-8-15(18-19)12-16(5,6)9-10-17-13(2)3/h8,11,13-14,17H,7,9-10,12H2,1-6H3. The highest BCUT2D eigenvalue weighted by molar-refractivity contribution is 5.02. The molecular formula is C16H31N3. The van der Waals surface area contributed by atoms with E-state index in [1.807, 2.05) is 0 Å². The van der Waals surface area contributed by atoms with Crippen LogP contribution in [0.2, 0.25) is 0 Å². The first-order valence-corrected chi connectivity index (χ1v) is 7.61. The molecular weight excluding hydrogens is 234 g/mol. The van der Waals surface area contributed by atoms with Crippen LogP contribution < -0.4 is 5.32 Å². The summed E-state index contributed by atoms with van der Waals surface area (Å²) in [6.45, 7) is 14.6. The van der Waals surface area contributed by atoms with Gasteiger partial charge in [-0.25, -0.2) is 0 Å². The summed E-state index contributed by atoms with van der Waals surface area (Å²) in [7, 11) is 0. The van der Waals surface area contributed by atoms with Crippen molar-refractivity contribution in [1.29, 1.82) is 0 Å². The van der Waals surface area contributed by atoms with E-state index in [9.17, 15) is 0 Å². The number of aromatic nitrogens is 2. The summed E-state index contributed by atoms with van der Waals surface area (Å²) >= 11 is 0. The molecule has 0 bridgehead atoms. The molecule has 0 aromatic carbocycles. The summed E-state index contributed by atoms with van der Waals surface area (Å²) in [6.07, 6.45) is 5.48. The molecule has 1 atom stereocenters. The molecule has 3 heteroatoms. The molecule has 1 N–H and O–H groups in total. The van der Waals surface area contributed by atoms with Gasteiger partial charge in [-0.15, -0.1) is 0 Å². The van der Waals surface area contributed by atoms with Gasteiger partial charge < -0.3 is 5.32 Å². The third-order valence-electron chi connectivity index (χ3n) is 3.72. The maximum atomic E-state index is 4.71. The van der Waals surface area contributed by atoms with Gasteiger partial charge in [0.15, 0.2) is 0 Å². The Bertz CT molecular complexity index is 366. The number of rotatable bonds is 8. The summed E-state index contributed by atoms with van der Waals surface area (Å²) in [6, 6.07) is 3.24. The summed E-state index contributed by atoms with van der Waals surface area (Å²) in [5.41, 5.74) is 1.52. The van der Waals surface area contributed by atoms with Crippen molar-refractivity contribution in [3.05, 3.63) is 18.0 Å². The lowest BCUT2D eigenvalue weighted by molar-refractivity contribution is 0.315. The fraction of sp³-hybridized carbons (Fsp3) is 0.812. The van der Waals surface area contributed by atoms with Gasteiger partial charge in [-0.05, 0) is 44.2 Å². The van der Waals surface area contributed by atoms with Gasteiger partial charge in [0.25, 0.3) is 0 Å².